The molecule has 31 heavy (non-hydrogen) atoms. The number of carbonyl (C=O) groups is 1. The second kappa shape index (κ2) is 9.60. The molecule has 0 amide bonds. The van der Waals surface area contributed by atoms with Gasteiger partial charge in [-0.2, -0.15) is 0 Å². The number of nitrogens with zero attached hydrogens (tertiary/aromatic N) is 1. The lowest BCUT2D eigenvalue weighted by molar-refractivity contribution is -0.154. The minimum atomic E-state index is -0.182. The Kier molecular flexibility index (Phi) is 6.66. The SMILES string of the molecule is COc1ccc([C@H]2C[C@H](OC(=O)CCc3ccc(O)cc3)C[C@H]3CCCCN32)cc1O. The van der Waals surface area contributed by atoms with Crippen LogP contribution >= 0.6 is 0 Å². The van der Waals surface area contributed by atoms with E-state index in [2.05, 4.69) is 4.90 Å². The van der Waals surface area contributed by atoms with Gasteiger partial charge in [-0.25, -0.2) is 0 Å². The number of ether oxygens (including phenoxy) is 2. The number of hydrogen-bond acceptors (Lipinski definition) is 6. The second-order valence-electron chi connectivity index (χ2n) is 8.58. The van der Waals surface area contributed by atoms with Crippen molar-refractivity contribution >= 4 is 5.97 Å². The van der Waals surface area contributed by atoms with E-state index in [0.29, 0.717) is 24.6 Å². The Morgan fingerprint density at radius 1 is 1.10 bits per heavy atom. The first-order valence-corrected chi connectivity index (χ1v) is 11.1. The maximum atomic E-state index is 12.6. The molecule has 2 heterocycles. The molecule has 0 aliphatic carbocycles. The van der Waals surface area contributed by atoms with Gasteiger partial charge in [-0.05, 0) is 61.2 Å². The average Bonchev–Trinajstić information content (AvgIpc) is 2.78. The lowest BCUT2D eigenvalue weighted by Gasteiger charge is -2.47. The number of fused-ring (bicyclic) bond motifs is 1. The number of benzene rings is 2. The number of methoxy groups -OCH3 is 1. The van der Waals surface area contributed by atoms with Crippen LogP contribution in [0.5, 0.6) is 17.2 Å². The summed E-state index contributed by atoms with van der Waals surface area (Å²) in [6.07, 6.45) is 5.87. The van der Waals surface area contributed by atoms with Gasteiger partial charge >= 0.3 is 5.97 Å². The highest BCUT2D eigenvalue weighted by atomic mass is 16.5. The van der Waals surface area contributed by atoms with Crippen LogP contribution in [0.4, 0.5) is 0 Å². The van der Waals surface area contributed by atoms with Crippen LogP contribution in [0, 0.1) is 0 Å². The molecule has 6 heteroatoms. The van der Waals surface area contributed by atoms with Crippen LogP contribution in [-0.2, 0) is 16.0 Å². The molecular weight excluding hydrogens is 394 g/mol. The molecule has 2 N–H and O–H groups in total. The van der Waals surface area contributed by atoms with E-state index < -0.39 is 0 Å². The van der Waals surface area contributed by atoms with Gasteiger partial charge in [0.2, 0.25) is 0 Å². The number of phenols is 2. The molecule has 0 aromatic heterocycles. The lowest BCUT2D eigenvalue weighted by Crippen LogP contribution is -2.49. The summed E-state index contributed by atoms with van der Waals surface area (Å²) in [6.45, 7) is 1.03. The fraction of sp³-hybridized carbons (Fsp3) is 0.480. The zero-order valence-electron chi connectivity index (χ0n) is 18.0. The van der Waals surface area contributed by atoms with Crippen LogP contribution in [-0.4, -0.2) is 46.9 Å². The van der Waals surface area contributed by atoms with Crippen molar-refractivity contribution < 1.29 is 24.5 Å². The summed E-state index contributed by atoms with van der Waals surface area (Å²) in [4.78, 5) is 15.1. The van der Waals surface area contributed by atoms with Crippen LogP contribution in [0.3, 0.4) is 0 Å². The minimum Gasteiger partial charge on any atom is -0.508 e. The van der Waals surface area contributed by atoms with Gasteiger partial charge in [0.1, 0.15) is 11.9 Å². The Hall–Kier alpha value is -2.73. The first kappa shape index (κ1) is 21.5. The first-order chi connectivity index (χ1) is 15.0. The van der Waals surface area contributed by atoms with Crippen LogP contribution in [0.15, 0.2) is 42.5 Å². The third kappa shape index (κ3) is 5.13. The Morgan fingerprint density at radius 2 is 1.90 bits per heavy atom. The molecule has 2 aromatic rings. The van der Waals surface area contributed by atoms with Gasteiger partial charge in [0.25, 0.3) is 0 Å². The van der Waals surface area contributed by atoms with E-state index in [0.717, 1.165) is 36.9 Å². The molecule has 0 unspecified atom stereocenters. The molecule has 166 valence electrons. The van der Waals surface area contributed by atoms with Gasteiger partial charge in [-0.15, -0.1) is 0 Å². The maximum Gasteiger partial charge on any atom is 0.306 e. The number of rotatable bonds is 6. The standard InChI is InChI=1S/C25H31NO5/c1-30-24-11-8-18(14-23(24)28)22-16-21(15-19-4-2-3-13-26(19)22)31-25(29)12-7-17-5-9-20(27)10-6-17/h5-6,8-11,14,19,21-22,27-28H,2-4,7,12-13,15-16H2,1H3/t19-,21-,22-/m1/s1. The number of piperidine rings is 2. The second-order valence-corrected chi connectivity index (χ2v) is 8.58. The molecule has 0 saturated carbocycles. The van der Waals surface area contributed by atoms with Crippen molar-refractivity contribution in [2.45, 2.75) is 63.1 Å². The van der Waals surface area contributed by atoms with Gasteiger partial charge < -0.3 is 19.7 Å². The first-order valence-electron chi connectivity index (χ1n) is 11.1. The summed E-state index contributed by atoms with van der Waals surface area (Å²) < 4.78 is 11.1. The molecule has 2 aliphatic rings. The molecule has 6 nitrogen and oxygen atoms in total. The molecule has 0 spiro atoms. The third-order valence-corrected chi connectivity index (χ3v) is 6.53. The largest absolute Gasteiger partial charge is 0.508 e. The van der Waals surface area contributed by atoms with Crippen molar-refractivity contribution in [3.8, 4) is 17.2 Å². The van der Waals surface area contributed by atoms with Crippen molar-refractivity contribution in [1.29, 1.82) is 0 Å². The van der Waals surface area contributed by atoms with Gasteiger partial charge in [-0.3, -0.25) is 9.69 Å². The smallest absolute Gasteiger partial charge is 0.306 e. The molecule has 2 saturated heterocycles. The predicted molar refractivity (Wildman–Crippen MR) is 117 cm³/mol. The van der Waals surface area contributed by atoms with Crippen molar-refractivity contribution in [2.24, 2.45) is 0 Å². The summed E-state index contributed by atoms with van der Waals surface area (Å²) in [5.41, 5.74) is 2.04. The molecule has 2 fully saturated rings. The predicted octanol–water partition coefficient (Wildman–Crippen LogP) is 4.34. The van der Waals surface area contributed by atoms with Gasteiger partial charge in [0.15, 0.2) is 11.5 Å². The summed E-state index contributed by atoms with van der Waals surface area (Å²) in [5, 5.41) is 19.7. The third-order valence-electron chi connectivity index (χ3n) is 6.53. The minimum absolute atomic E-state index is 0.116. The zero-order valence-corrected chi connectivity index (χ0v) is 18.0. The molecule has 0 bridgehead atoms. The quantitative estimate of drug-likeness (QED) is 0.671. The highest BCUT2D eigenvalue weighted by molar-refractivity contribution is 5.70. The summed E-state index contributed by atoms with van der Waals surface area (Å²) in [7, 11) is 1.55. The molecule has 3 atom stereocenters. The molecule has 2 aliphatic heterocycles. The molecule has 0 radical (unpaired) electrons. The van der Waals surface area contributed by atoms with Crippen LogP contribution in [0.25, 0.3) is 0 Å². The van der Waals surface area contributed by atoms with E-state index in [1.54, 1.807) is 31.4 Å². The van der Waals surface area contributed by atoms with E-state index in [1.807, 2.05) is 18.2 Å². The lowest BCUT2D eigenvalue weighted by atomic mass is 9.84. The Morgan fingerprint density at radius 3 is 2.65 bits per heavy atom. The summed E-state index contributed by atoms with van der Waals surface area (Å²) in [6, 6.07) is 13.0. The monoisotopic (exact) mass is 425 g/mol. The van der Waals surface area contributed by atoms with Crippen molar-refractivity contribution in [1.82, 2.24) is 4.90 Å². The highest BCUT2D eigenvalue weighted by Crippen LogP contribution is 2.41. The highest BCUT2D eigenvalue weighted by Gasteiger charge is 2.39. The molecule has 4 rings (SSSR count). The van der Waals surface area contributed by atoms with Gasteiger partial charge in [0.05, 0.1) is 7.11 Å². The Balaban J connectivity index is 1.42. The Bertz CT molecular complexity index is 897. The fourth-order valence-corrected chi connectivity index (χ4v) is 4.96. The number of aromatic hydroxyl groups is 2. The van der Waals surface area contributed by atoms with E-state index in [9.17, 15) is 15.0 Å². The number of carbonyl (C=O) groups excluding carboxylic acids is 1. The number of aryl methyl sites for hydroxylation is 1. The molecule has 2 aromatic carbocycles. The van der Waals surface area contributed by atoms with E-state index in [-0.39, 0.29) is 29.6 Å². The summed E-state index contributed by atoms with van der Waals surface area (Å²) in [5.74, 6) is 0.647. The number of phenolic OH excluding ortho intramolecular Hbond substituents is 2. The van der Waals surface area contributed by atoms with Crippen molar-refractivity contribution in [3.63, 3.8) is 0 Å². The number of hydrogen-bond donors (Lipinski definition) is 2. The van der Waals surface area contributed by atoms with E-state index in [1.165, 1.54) is 12.8 Å². The molecular formula is C25H31NO5. The average molecular weight is 426 g/mol. The van der Waals surface area contributed by atoms with Crippen LogP contribution in [0.1, 0.15) is 55.7 Å². The fourth-order valence-electron chi connectivity index (χ4n) is 4.96. The van der Waals surface area contributed by atoms with Gasteiger partial charge in [-0.1, -0.05) is 24.6 Å². The topological polar surface area (TPSA) is 79.2 Å². The van der Waals surface area contributed by atoms with Crippen molar-refractivity contribution in [2.75, 3.05) is 13.7 Å². The van der Waals surface area contributed by atoms with E-state index in [4.69, 9.17) is 9.47 Å². The number of esters is 1. The van der Waals surface area contributed by atoms with Crippen LogP contribution in [0.2, 0.25) is 0 Å². The van der Waals surface area contributed by atoms with E-state index >= 15 is 0 Å². The van der Waals surface area contributed by atoms with Gasteiger partial charge in [0, 0.05) is 31.3 Å². The van der Waals surface area contributed by atoms with Crippen molar-refractivity contribution in [3.05, 3.63) is 53.6 Å². The zero-order chi connectivity index (χ0) is 21.8. The Labute approximate surface area is 183 Å². The summed E-state index contributed by atoms with van der Waals surface area (Å²) >= 11 is 0. The van der Waals surface area contributed by atoms with Crippen LogP contribution < -0.4 is 4.74 Å². The maximum absolute atomic E-state index is 12.6. The normalized spacial score (nSPS) is 23.7.